The van der Waals surface area contributed by atoms with Crippen LogP contribution in [0.4, 0.5) is 0 Å². The average Bonchev–Trinajstić information content (AvgIpc) is 2.81. The highest BCUT2D eigenvalue weighted by Crippen LogP contribution is 2.28. The summed E-state index contributed by atoms with van der Waals surface area (Å²) in [6, 6.07) is 6.56. The Labute approximate surface area is 122 Å². The van der Waals surface area contributed by atoms with E-state index >= 15 is 0 Å². The van der Waals surface area contributed by atoms with Crippen molar-refractivity contribution in [3.05, 3.63) is 44.6 Å². The highest BCUT2D eigenvalue weighted by molar-refractivity contribution is 9.10. The number of carboxylic acid groups (broad SMARTS) is 1. The Balaban J connectivity index is 2.22. The van der Waals surface area contributed by atoms with Crippen molar-refractivity contribution in [3.8, 4) is 11.5 Å². The van der Waals surface area contributed by atoms with Crippen LogP contribution < -0.4 is 9.47 Å². The van der Waals surface area contributed by atoms with Gasteiger partial charge in [-0.2, -0.15) is 0 Å². The van der Waals surface area contributed by atoms with E-state index in [4.69, 9.17) is 14.6 Å². The van der Waals surface area contributed by atoms with Crippen LogP contribution in [0.25, 0.3) is 0 Å². The summed E-state index contributed by atoms with van der Waals surface area (Å²) in [7, 11) is 1.52. The first kappa shape index (κ1) is 13.9. The van der Waals surface area contributed by atoms with Crippen LogP contribution in [-0.4, -0.2) is 18.2 Å². The number of hydrogen-bond acceptors (Lipinski definition) is 4. The number of hydrogen-bond donors (Lipinski definition) is 1. The van der Waals surface area contributed by atoms with Crippen molar-refractivity contribution < 1.29 is 19.4 Å². The normalized spacial score (nSPS) is 10.2. The summed E-state index contributed by atoms with van der Waals surface area (Å²) >= 11 is 4.95. The smallest absolute Gasteiger partial charge is 0.339 e. The van der Waals surface area contributed by atoms with Crippen molar-refractivity contribution in [3.63, 3.8) is 0 Å². The van der Waals surface area contributed by atoms with E-state index in [0.717, 1.165) is 9.35 Å². The van der Waals surface area contributed by atoms with E-state index in [9.17, 15) is 4.79 Å². The van der Waals surface area contributed by atoms with E-state index in [1.165, 1.54) is 13.2 Å². The van der Waals surface area contributed by atoms with Crippen LogP contribution in [-0.2, 0) is 6.61 Å². The largest absolute Gasteiger partial charge is 0.497 e. The van der Waals surface area contributed by atoms with E-state index in [2.05, 4.69) is 15.9 Å². The van der Waals surface area contributed by atoms with Gasteiger partial charge in [-0.25, -0.2) is 4.79 Å². The molecular formula is C13H11BrO4S. The molecule has 1 aromatic carbocycles. The lowest BCUT2D eigenvalue weighted by atomic mass is 10.2. The Morgan fingerprint density at radius 2 is 2.21 bits per heavy atom. The third-order valence-electron chi connectivity index (χ3n) is 2.47. The van der Waals surface area contributed by atoms with Gasteiger partial charge in [0.05, 0.1) is 12.0 Å². The molecule has 0 bridgehead atoms. The molecule has 1 aromatic heterocycles. The summed E-state index contributed by atoms with van der Waals surface area (Å²) in [5.41, 5.74) is 0.119. The average molecular weight is 343 g/mol. The Kier molecular flexibility index (Phi) is 4.44. The van der Waals surface area contributed by atoms with Gasteiger partial charge in [-0.3, -0.25) is 0 Å². The lowest BCUT2D eigenvalue weighted by Gasteiger charge is -2.10. The monoisotopic (exact) mass is 342 g/mol. The zero-order chi connectivity index (χ0) is 13.8. The SMILES string of the molecule is COc1ccc(C(=O)O)c(OCc2sccc2Br)c1. The lowest BCUT2D eigenvalue weighted by molar-refractivity contribution is 0.0692. The maximum atomic E-state index is 11.1. The van der Waals surface area contributed by atoms with Gasteiger partial charge < -0.3 is 14.6 Å². The van der Waals surface area contributed by atoms with Crippen LogP contribution in [0.2, 0.25) is 0 Å². The molecule has 2 rings (SSSR count). The van der Waals surface area contributed by atoms with Crippen LogP contribution in [0.3, 0.4) is 0 Å². The van der Waals surface area contributed by atoms with Gasteiger partial charge in [-0.1, -0.05) is 0 Å². The molecule has 0 radical (unpaired) electrons. The third-order valence-corrected chi connectivity index (χ3v) is 4.37. The first-order valence-corrected chi connectivity index (χ1v) is 7.05. The fourth-order valence-corrected chi connectivity index (χ4v) is 2.88. The Morgan fingerprint density at radius 1 is 1.42 bits per heavy atom. The number of benzene rings is 1. The lowest BCUT2D eigenvalue weighted by Crippen LogP contribution is -2.03. The van der Waals surface area contributed by atoms with Gasteiger partial charge in [0.2, 0.25) is 0 Å². The maximum absolute atomic E-state index is 11.1. The highest BCUT2D eigenvalue weighted by Gasteiger charge is 2.13. The fraction of sp³-hybridized carbons (Fsp3) is 0.154. The van der Waals surface area contributed by atoms with Gasteiger partial charge in [-0.05, 0) is 39.5 Å². The minimum Gasteiger partial charge on any atom is -0.497 e. The van der Waals surface area contributed by atoms with Gasteiger partial charge in [-0.15, -0.1) is 11.3 Å². The van der Waals surface area contributed by atoms with E-state index in [1.54, 1.807) is 23.5 Å². The molecule has 100 valence electrons. The second-order valence-electron chi connectivity index (χ2n) is 3.65. The molecule has 0 fully saturated rings. The number of carboxylic acids is 1. The van der Waals surface area contributed by atoms with Crippen molar-refractivity contribution in [2.75, 3.05) is 7.11 Å². The molecule has 0 saturated carbocycles. The molecule has 0 aliphatic carbocycles. The second kappa shape index (κ2) is 6.08. The van der Waals surface area contributed by atoms with E-state index in [-0.39, 0.29) is 5.56 Å². The van der Waals surface area contributed by atoms with Gasteiger partial charge in [0.15, 0.2) is 0 Å². The predicted octanol–water partition coefficient (Wildman–Crippen LogP) is 3.80. The van der Waals surface area contributed by atoms with Crippen LogP contribution in [0.5, 0.6) is 11.5 Å². The minimum absolute atomic E-state index is 0.119. The molecule has 1 N–H and O–H groups in total. The molecule has 0 spiro atoms. The fourth-order valence-electron chi connectivity index (χ4n) is 1.50. The number of rotatable bonds is 5. The molecule has 0 saturated heterocycles. The molecule has 4 nitrogen and oxygen atoms in total. The number of methoxy groups -OCH3 is 1. The van der Waals surface area contributed by atoms with E-state index in [1.807, 2.05) is 11.4 Å². The summed E-state index contributed by atoms with van der Waals surface area (Å²) in [6.45, 7) is 0.311. The zero-order valence-electron chi connectivity index (χ0n) is 10.1. The molecule has 0 atom stereocenters. The summed E-state index contributed by atoms with van der Waals surface area (Å²) in [5.74, 6) is -0.166. The Hall–Kier alpha value is -1.53. The first-order valence-electron chi connectivity index (χ1n) is 5.38. The van der Waals surface area contributed by atoms with Crippen molar-refractivity contribution >= 4 is 33.2 Å². The molecule has 0 amide bonds. The molecule has 2 aromatic rings. The molecule has 6 heteroatoms. The number of thiophene rings is 1. The molecule has 0 aliphatic heterocycles. The quantitative estimate of drug-likeness (QED) is 0.897. The van der Waals surface area contributed by atoms with Crippen molar-refractivity contribution in [2.24, 2.45) is 0 Å². The summed E-state index contributed by atoms with van der Waals surface area (Å²) < 4.78 is 11.6. The number of ether oxygens (including phenoxy) is 2. The van der Waals surface area contributed by atoms with E-state index < -0.39 is 5.97 Å². The summed E-state index contributed by atoms with van der Waals surface area (Å²) in [4.78, 5) is 12.1. The molecule has 0 unspecified atom stereocenters. The standard InChI is InChI=1S/C13H11BrO4S/c1-17-8-2-3-9(13(15)16)11(6-8)18-7-12-10(14)4-5-19-12/h2-6H,7H2,1H3,(H,15,16). The van der Waals surface area contributed by atoms with E-state index in [0.29, 0.717) is 18.1 Å². The second-order valence-corrected chi connectivity index (χ2v) is 5.50. The summed E-state index contributed by atoms with van der Waals surface area (Å²) in [6.07, 6.45) is 0. The highest BCUT2D eigenvalue weighted by atomic mass is 79.9. The molecule has 1 heterocycles. The third kappa shape index (κ3) is 3.27. The van der Waals surface area contributed by atoms with Crippen molar-refractivity contribution in [1.82, 2.24) is 0 Å². The van der Waals surface area contributed by atoms with Gasteiger partial charge in [0, 0.05) is 10.5 Å². The number of halogens is 1. The maximum Gasteiger partial charge on any atom is 0.339 e. The van der Waals surface area contributed by atoms with Gasteiger partial charge in [0.25, 0.3) is 0 Å². The first-order chi connectivity index (χ1) is 9.11. The molecular weight excluding hydrogens is 332 g/mol. The van der Waals surface area contributed by atoms with Crippen LogP contribution in [0.1, 0.15) is 15.2 Å². The molecule has 0 aliphatic rings. The molecule has 19 heavy (non-hydrogen) atoms. The van der Waals surface area contributed by atoms with Crippen LogP contribution in [0, 0.1) is 0 Å². The number of carbonyl (C=O) groups is 1. The number of aromatic carboxylic acids is 1. The topological polar surface area (TPSA) is 55.8 Å². The summed E-state index contributed by atoms with van der Waals surface area (Å²) in [5, 5.41) is 11.1. The Morgan fingerprint density at radius 3 is 2.79 bits per heavy atom. The van der Waals surface area contributed by atoms with Crippen LogP contribution in [0.15, 0.2) is 34.1 Å². The Bertz CT molecular complexity index is 594. The van der Waals surface area contributed by atoms with Gasteiger partial charge >= 0.3 is 5.97 Å². The van der Waals surface area contributed by atoms with Gasteiger partial charge in [0.1, 0.15) is 23.7 Å². The predicted molar refractivity (Wildman–Crippen MR) is 76.3 cm³/mol. The van der Waals surface area contributed by atoms with Crippen LogP contribution >= 0.6 is 27.3 Å². The van der Waals surface area contributed by atoms with Crippen molar-refractivity contribution in [1.29, 1.82) is 0 Å². The zero-order valence-corrected chi connectivity index (χ0v) is 12.5. The minimum atomic E-state index is -1.03. The van der Waals surface area contributed by atoms with Crippen molar-refractivity contribution in [2.45, 2.75) is 6.61 Å².